The molecule has 0 spiro atoms. The second-order valence-electron chi connectivity index (χ2n) is 4.96. The zero-order chi connectivity index (χ0) is 14.8. The van der Waals surface area contributed by atoms with E-state index in [4.69, 9.17) is 16.3 Å². The van der Waals surface area contributed by atoms with Crippen molar-refractivity contribution in [3.05, 3.63) is 64.7 Å². The number of para-hydroxylation sites is 1. The van der Waals surface area contributed by atoms with Crippen molar-refractivity contribution in [3.8, 4) is 0 Å². The number of hydrogen-bond acceptors (Lipinski definition) is 3. The smallest absolute Gasteiger partial charge is 0.315 e. The van der Waals surface area contributed by atoms with Crippen LogP contribution in [-0.2, 0) is 9.53 Å². The molecule has 2 unspecified atom stereocenters. The number of ether oxygens (including phenoxy) is 1. The van der Waals surface area contributed by atoms with Crippen LogP contribution in [0.25, 0.3) is 0 Å². The molecule has 1 aliphatic heterocycles. The summed E-state index contributed by atoms with van der Waals surface area (Å²) in [7, 11) is 0. The van der Waals surface area contributed by atoms with E-state index in [-0.39, 0.29) is 17.9 Å². The minimum atomic E-state index is -0.374. The fraction of sp³-hybridized carbons (Fsp3) is 0.235. The quantitative estimate of drug-likeness (QED) is 0.865. The molecule has 21 heavy (non-hydrogen) atoms. The number of carbonyl (C=O) groups excluding carboxylic acids is 1. The van der Waals surface area contributed by atoms with Crippen LogP contribution in [-0.4, -0.2) is 12.6 Å². The van der Waals surface area contributed by atoms with Crippen molar-refractivity contribution >= 4 is 23.3 Å². The predicted octanol–water partition coefficient (Wildman–Crippen LogP) is 4.15. The molecule has 2 aromatic rings. The van der Waals surface area contributed by atoms with Crippen molar-refractivity contribution in [3.63, 3.8) is 0 Å². The lowest BCUT2D eigenvalue weighted by molar-refractivity contribution is -0.145. The van der Waals surface area contributed by atoms with E-state index in [1.54, 1.807) is 0 Å². The van der Waals surface area contributed by atoms with Gasteiger partial charge >= 0.3 is 5.97 Å². The number of fused-ring (bicyclic) bond motifs is 1. The molecule has 0 aliphatic carbocycles. The van der Waals surface area contributed by atoms with Crippen molar-refractivity contribution in [2.24, 2.45) is 0 Å². The number of anilines is 1. The monoisotopic (exact) mass is 301 g/mol. The Morgan fingerprint density at radius 1 is 1.14 bits per heavy atom. The molecule has 0 amide bonds. The lowest BCUT2D eigenvalue weighted by Crippen LogP contribution is -2.22. The normalized spacial score (nSPS) is 19.7. The molecular weight excluding hydrogens is 286 g/mol. The molecule has 1 heterocycles. The largest absolute Gasteiger partial charge is 0.465 e. The Balaban J connectivity index is 2.05. The Hall–Kier alpha value is -2.00. The summed E-state index contributed by atoms with van der Waals surface area (Å²) in [6, 6.07) is 15.2. The van der Waals surface area contributed by atoms with Crippen LogP contribution in [0.1, 0.15) is 30.0 Å². The summed E-state index contributed by atoms with van der Waals surface area (Å²) in [5.74, 6) is -0.596. The van der Waals surface area contributed by atoms with Crippen LogP contribution in [0.5, 0.6) is 0 Å². The molecule has 0 saturated carbocycles. The maximum absolute atomic E-state index is 12.4. The van der Waals surface area contributed by atoms with Gasteiger partial charge in [-0.3, -0.25) is 4.79 Å². The van der Waals surface area contributed by atoms with Gasteiger partial charge in [0.15, 0.2) is 0 Å². The van der Waals surface area contributed by atoms with Crippen molar-refractivity contribution in [1.82, 2.24) is 0 Å². The molecule has 0 bridgehead atoms. The average Bonchev–Trinajstić information content (AvgIpc) is 2.87. The van der Waals surface area contributed by atoms with Gasteiger partial charge in [0.2, 0.25) is 0 Å². The topological polar surface area (TPSA) is 38.3 Å². The first-order valence-electron chi connectivity index (χ1n) is 6.99. The molecule has 2 aromatic carbocycles. The van der Waals surface area contributed by atoms with Gasteiger partial charge in [0.1, 0.15) is 5.92 Å². The van der Waals surface area contributed by atoms with Crippen molar-refractivity contribution in [1.29, 1.82) is 0 Å². The third-order valence-electron chi connectivity index (χ3n) is 3.72. The first-order valence-corrected chi connectivity index (χ1v) is 7.36. The maximum atomic E-state index is 12.4. The molecule has 3 nitrogen and oxygen atoms in total. The summed E-state index contributed by atoms with van der Waals surface area (Å²) in [6.07, 6.45) is 0. The third kappa shape index (κ3) is 2.49. The van der Waals surface area contributed by atoms with Gasteiger partial charge in [0.25, 0.3) is 0 Å². The van der Waals surface area contributed by atoms with Crippen LogP contribution < -0.4 is 5.32 Å². The minimum Gasteiger partial charge on any atom is -0.465 e. The van der Waals surface area contributed by atoms with E-state index in [0.29, 0.717) is 11.6 Å². The summed E-state index contributed by atoms with van der Waals surface area (Å²) in [5, 5.41) is 4.05. The molecular formula is C17H16ClNO2. The minimum absolute atomic E-state index is 0.199. The highest BCUT2D eigenvalue weighted by Gasteiger charge is 2.39. The van der Waals surface area contributed by atoms with Crippen LogP contribution >= 0.6 is 11.6 Å². The van der Waals surface area contributed by atoms with Crippen molar-refractivity contribution in [2.75, 3.05) is 11.9 Å². The highest BCUT2D eigenvalue weighted by molar-refractivity contribution is 6.31. The number of benzene rings is 2. The van der Waals surface area contributed by atoms with E-state index >= 15 is 0 Å². The Bertz CT molecular complexity index is 671. The SMILES string of the molecule is CCOC(=O)C1c2ccccc2NC1c1ccccc1Cl. The standard InChI is InChI=1S/C17H16ClNO2/c1-2-21-17(20)15-12-8-4-6-10-14(12)19-16(15)11-7-3-5-9-13(11)18/h3-10,15-16,19H,2H2,1H3. The van der Waals surface area contributed by atoms with Gasteiger partial charge in [-0.1, -0.05) is 48.0 Å². The number of esters is 1. The molecule has 0 aromatic heterocycles. The maximum Gasteiger partial charge on any atom is 0.315 e. The Kier molecular flexibility index (Phi) is 3.84. The van der Waals surface area contributed by atoms with Gasteiger partial charge in [0, 0.05) is 10.7 Å². The van der Waals surface area contributed by atoms with Crippen LogP contribution in [0, 0.1) is 0 Å². The van der Waals surface area contributed by atoms with E-state index in [1.165, 1.54) is 0 Å². The van der Waals surface area contributed by atoms with Crippen molar-refractivity contribution in [2.45, 2.75) is 18.9 Å². The third-order valence-corrected chi connectivity index (χ3v) is 4.07. The molecule has 1 N–H and O–H groups in total. The van der Waals surface area contributed by atoms with Crippen molar-refractivity contribution < 1.29 is 9.53 Å². The van der Waals surface area contributed by atoms with Gasteiger partial charge < -0.3 is 10.1 Å². The molecule has 2 atom stereocenters. The molecule has 0 radical (unpaired) electrons. The summed E-state index contributed by atoms with van der Waals surface area (Å²) < 4.78 is 5.25. The van der Waals surface area contributed by atoms with E-state index in [1.807, 2.05) is 55.5 Å². The first kappa shape index (κ1) is 14.0. The first-order chi connectivity index (χ1) is 10.2. The van der Waals surface area contributed by atoms with Gasteiger partial charge in [0.05, 0.1) is 12.6 Å². The van der Waals surface area contributed by atoms with E-state index in [9.17, 15) is 4.79 Å². The molecule has 3 rings (SSSR count). The van der Waals surface area contributed by atoms with E-state index in [2.05, 4.69) is 5.32 Å². The number of rotatable bonds is 3. The number of carbonyl (C=O) groups is 1. The summed E-state index contributed by atoms with van der Waals surface area (Å²) in [4.78, 5) is 12.4. The van der Waals surface area contributed by atoms with Gasteiger partial charge in [-0.15, -0.1) is 0 Å². The zero-order valence-corrected chi connectivity index (χ0v) is 12.4. The fourth-order valence-electron chi connectivity index (χ4n) is 2.81. The number of halogens is 1. The van der Waals surface area contributed by atoms with Gasteiger partial charge in [-0.2, -0.15) is 0 Å². The van der Waals surface area contributed by atoms with Crippen LogP contribution in [0.3, 0.4) is 0 Å². The zero-order valence-electron chi connectivity index (χ0n) is 11.7. The predicted molar refractivity (Wildman–Crippen MR) is 83.6 cm³/mol. The highest BCUT2D eigenvalue weighted by Crippen LogP contribution is 2.46. The second-order valence-corrected chi connectivity index (χ2v) is 5.37. The second kappa shape index (κ2) is 5.78. The molecule has 4 heteroatoms. The van der Waals surface area contributed by atoms with Gasteiger partial charge in [-0.25, -0.2) is 0 Å². The van der Waals surface area contributed by atoms with Crippen LogP contribution in [0.15, 0.2) is 48.5 Å². The lowest BCUT2D eigenvalue weighted by Gasteiger charge is -2.20. The van der Waals surface area contributed by atoms with Crippen LogP contribution in [0.2, 0.25) is 5.02 Å². The molecule has 108 valence electrons. The molecule has 0 fully saturated rings. The fourth-order valence-corrected chi connectivity index (χ4v) is 3.06. The molecule has 0 saturated heterocycles. The highest BCUT2D eigenvalue weighted by atomic mass is 35.5. The van der Waals surface area contributed by atoms with E-state index < -0.39 is 0 Å². The Morgan fingerprint density at radius 2 is 1.81 bits per heavy atom. The van der Waals surface area contributed by atoms with E-state index in [0.717, 1.165) is 16.8 Å². The Labute approximate surface area is 128 Å². The van der Waals surface area contributed by atoms with Crippen LogP contribution in [0.4, 0.5) is 5.69 Å². The molecule has 1 aliphatic rings. The lowest BCUT2D eigenvalue weighted by atomic mass is 9.90. The summed E-state index contributed by atoms with van der Waals surface area (Å²) >= 11 is 6.30. The Morgan fingerprint density at radius 3 is 2.52 bits per heavy atom. The summed E-state index contributed by atoms with van der Waals surface area (Å²) in [6.45, 7) is 2.18. The number of nitrogens with one attached hydrogen (secondary N) is 1. The van der Waals surface area contributed by atoms with Gasteiger partial charge in [-0.05, 0) is 30.2 Å². The number of hydrogen-bond donors (Lipinski definition) is 1. The average molecular weight is 302 g/mol. The summed E-state index contributed by atoms with van der Waals surface area (Å²) in [5.41, 5.74) is 2.83.